The zero-order valence-electron chi connectivity index (χ0n) is 14.7. The standard InChI is InChI=1S/C20H21N3O3/c1-2-26-18(24)14-7-8-17(21-13-14)23-11-9-20(10-12-23)15-5-3-4-6-16(15)22-19(20)25/h3-8,13H,2,9-12H2,1H3,(H,22,25). The second-order valence-corrected chi connectivity index (χ2v) is 6.69. The van der Waals surface area contributed by atoms with E-state index in [1.54, 1.807) is 19.2 Å². The summed E-state index contributed by atoms with van der Waals surface area (Å²) in [5.74, 6) is 0.562. The van der Waals surface area contributed by atoms with Crippen LogP contribution < -0.4 is 10.2 Å². The molecule has 2 aromatic rings. The number of para-hydroxylation sites is 1. The van der Waals surface area contributed by atoms with E-state index in [1.165, 1.54) is 0 Å². The molecule has 3 heterocycles. The molecule has 2 aliphatic heterocycles. The first-order valence-corrected chi connectivity index (χ1v) is 8.93. The number of fused-ring (bicyclic) bond motifs is 2. The number of nitrogens with zero attached hydrogens (tertiary/aromatic N) is 2. The maximum absolute atomic E-state index is 12.6. The number of benzene rings is 1. The van der Waals surface area contributed by atoms with Crippen LogP contribution in [0.4, 0.5) is 11.5 Å². The van der Waals surface area contributed by atoms with Gasteiger partial charge in [0.15, 0.2) is 0 Å². The molecule has 0 bridgehead atoms. The molecule has 1 aromatic heterocycles. The van der Waals surface area contributed by atoms with Crippen molar-refractivity contribution < 1.29 is 14.3 Å². The third kappa shape index (κ3) is 2.62. The first-order chi connectivity index (χ1) is 12.6. The Kier molecular flexibility index (Phi) is 4.11. The van der Waals surface area contributed by atoms with Crippen molar-refractivity contribution in [3.05, 3.63) is 53.7 Å². The average molecular weight is 351 g/mol. The Hall–Kier alpha value is -2.89. The Morgan fingerprint density at radius 3 is 2.69 bits per heavy atom. The summed E-state index contributed by atoms with van der Waals surface area (Å²) in [5.41, 5.74) is 2.06. The second-order valence-electron chi connectivity index (χ2n) is 6.69. The van der Waals surface area contributed by atoms with Crippen LogP contribution >= 0.6 is 0 Å². The molecule has 1 amide bonds. The number of hydrogen-bond donors (Lipinski definition) is 1. The summed E-state index contributed by atoms with van der Waals surface area (Å²) in [6.45, 7) is 3.61. The van der Waals surface area contributed by atoms with Crippen LogP contribution in [0.15, 0.2) is 42.6 Å². The van der Waals surface area contributed by atoms with Crippen LogP contribution in [0.25, 0.3) is 0 Å². The van der Waals surface area contributed by atoms with Crippen LogP contribution in [0.3, 0.4) is 0 Å². The van der Waals surface area contributed by atoms with E-state index in [4.69, 9.17) is 4.74 Å². The molecule has 26 heavy (non-hydrogen) atoms. The molecule has 2 aliphatic rings. The monoisotopic (exact) mass is 351 g/mol. The van der Waals surface area contributed by atoms with Crippen molar-refractivity contribution in [1.29, 1.82) is 0 Å². The van der Waals surface area contributed by atoms with Gasteiger partial charge in [0, 0.05) is 25.0 Å². The van der Waals surface area contributed by atoms with E-state index in [-0.39, 0.29) is 11.9 Å². The summed E-state index contributed by atoms with van der Waals surface area (Å²) in [6, 6.07) is 11.5. The molecule has 0 atom stereocenters. The van der Waals surface area contributed by atoms with E-state index in [2.05, 4.69) is 21.3 Å². The van der Waals surface area contributed by atoms with Crippen LogP contribution in [0.2, 0.25) is 0 Å². The van der Waals surface area contributed by atoms with Crippen molar-refractivity contribution in [2.45, 2.75) is 25.2 Å². The lowest BCUT2D eigenvalue weighted by molar-refractivity contribution is -0.121. The quantitative estimate of drug-likeness (QED) is 0.861. The van der Waals surface area contributed by atoms with Crippen LogP contribution in [0.5, 0.6) is 0 Å². The molecule has 0 aliphatic carbocycles. The Balaban J connectivity index is 1.49. The fourth-order valence-electron chi connectivity index (χ4n) is 3.90. The smallest absolute Gasteiger partial charge is 0.339 e. The van der Waals surface area contributed by atoms with Crippen LogP contribution in [-0.4, -0.2) is 36.6 Å². The number of carbonyl (C=O) groups is 2. The van der Waals surface area contributed by atoms with Gasteiger partial charge in [-0.15, -0.1) is 0 Å². The van der Waals surface area contributed by atoms with Crippen molar-refractivity contribution in [3.8, 4) is 0 Å². The molecule has 0 unspecified atom stereocenters. The number of pyridine rings is 1. The number of rotatable bonds is 3. The van der Waals surface area contributed by atoms with Gasteiger partial charge in [-0.1, -0.05) is 18.2 Å². The maximum atomic E-state index is 12.6. The molecule has 1 aromatic carbocycles. The molecule has 6 nitrogen and oxygen atoms in total. The number of ether oxygens (including phenoxy) is 1. The van der Waals surface area contributed by atoms with E-state index in [0.717, 1.165) is 43.0 Å². The molecule has 4 rings (SSSR count). The van der Waals surface area contributed by atoms with Crippen molar-refractivity contribution in [2.75, 3.05) is 29.9 Å². The Morgan fingerprint density at radius 2 is 2.00 bits per heavy atom. The predicted octanol–water partition coefficient (Wildman–Crippen LogP) is 2.75. The minimum Gasteiger partial charge on any atom is -0.462 e. The lowest BCUT2D eigenvalue weighted by Gasteiger charge is -2.38. The molecule has 1 fully saturated rings. The Bertz CT molecular complexity index is 840. The van der Waals surface area contributed by atoms with Gasteiger partial charge in [0.05, 0.1) is 17.6 Å². The van der Waals surface area contributed by atoms with Gasteiger partial charge < -0.3 is 15.0 Å². The summed E-state index contributed by atoms with van der Waals surface area (Å²) in [7, 11) is 0. The highest BCUT2D eigenvalue weighted by molar-refractivity contribution is 6.06. The number of aromatic nitrogens is 1. The molecular weight excluding hydrogens is 330 g/mol. The van der Waals surface area contributed by atoms with Crippen LogP contribution in [0.1, 0.15) is 35.7 Å². The summed E-state index contributed by atoms with van der Waals surface area (Å²) < 4.78 is 4.98. The number of carbonyl (C=O) groups excluding carboxylic acids is 2. The van der Waals surface area contributed by atoms with Crippen molar-refractivity contribution in [1.82, 2.24) is 4.98 Å². The minimum absolute atomic E-state index is 0.101. The number of piperidine rings is 1. The maximum Gasteiger partial charge on any atom is 0.339 e. The molecule has 1 N–H and O–H groups in total. The number of esters is 1. The fourth-order valence-corrected chi connectivity index (χ4v) is 3.90. The summed E-state index contributed by atoms with van der Waals surface area (Å²) in [6.07, 6.45) is 3.05. The first kappa shape index (κ1) is 16.6. The lowest BCUT2D eigenvalue weighted by atomic mass is 9.73. The molecule has 1 spiro atoms. The largest absolute Gasteiger partial charge is 0.462 e. The molecule has 134 valence electrons. The number of hydrogen-bond acceptors (Lipinski definition) is 5. The minimum atomic E-state index is -0.433. The average Bonchev–Trinajstić information content (AvgIpc) is 2.94. The number of amides is 1. The van der Waals surface area contributed by atoms with Gasteiger partial charge in [-0.05, 0) is 43.5 Å². The lowest BCUT2D eigenvalue weighted by Crippen LogP contribution is -2.46. The van der Waals surface area contributed by atoms with E-state index in [1.807, 2.05) is 24.3 Å². The summed E-state index contributed by atoms with van der Waals surface area (Å²) in [5, 5.41) is 3.02. The van der Waals surface area contributed by atoms with Gasteiger partial charge in [-0.2, -0.15) is 0 Å². The van der Waals surface area contributed by atoms with Gasteiger partial charge in [0.2, 0.25) is 5.91 Å². The van der Waals surface area contributed by atoms with Gasteiger partial charge in [0.1, 0.15) is 5.82 Å². The number of anilines is 2. The fraction of sp³-hybridized carbons (Fsp3) is 0.350. The van der Waals surface area contributed by atoms with E-state index in [0.29, 0.717) is 12.2 Å². The van der Waals surface area contributed by atoms with E-state index >= 15 is 0 Å². The third-order valence-electron chi connectivity index (χ3n) is 5.33. The van der Waals surface area contributed by atoms with Crippen molar-refractivity contribution in [3.63, 3.8) is 0 Å². The molecule has 1 saturated heterocycles. The van der Waals surface area contributed by atoms with Crippen molar-refractivity contribution >= 4 is 23.4 Å². The van der Waals surface area contributed by atoms with Gasteiger partial charge in [0.25, 0.3) is 0 Å². The molecule has 0 saturated carbocycles. The Labute approximate surface area is 152 Å². The summed E-state index contributed by atoms with van der Waals surface area (Å²) >= 11 is 0. The van der Waals surface area contributed by atoms with Gasteiger partial charge in [-0.3, -0.25) is 4.79 Å². The van der Waals surface area contributed by atoms with Crippen molar-refractivity contribution in [2.24, 2.45) is 0 Å². The van der Waals surface area contributed by atoms with E-state index in [9.17, 15) is 9.59 Å². The zero-order valence-corrected chi connectivity index (χ0v) is 14.7. The highest BCUT2D eigenvalue weighted by Crippen LogP contribution is 2.45. The third-order valence-corrected chi connectivity index (χ3v) is 5.33. The normalized spacial score (nSPS) is 17.7. The predicted molar refractivity (Wildman–Crippen MR) is 98.4 cm³/mol. The second kappa shape index (κ2) is 6.44. The van der Waals surface area contributed by atoms with Crippen LogP contribution in [0, 0.1) is 0 Å². The highest BCUT2D eigenvalue weighted by atomic mass is 16.5. The van der Waals surface area contributed by atoms with Crippen LogP contribution in [-0.2, 0) is 14.9 Å². The topological polar surface area (TPSA) is 71.5 Å². The zero-order chi connectivity index (χ0) is 18.1. The highest BCUT2D eigenvalue weighted by Gasteiger charge is 2.48. The Morgan fingerprint density at radius 1 is 1.23 bits per heavy atom. The van der Waals surface area contributed by atoms with E-state index < -0.39 is 5.41 Å². The molecule has 6 heteroatoms. The van der Waals surface area contributed by atoms with Gasteiger partial charge in [-0.25, -0.2) is 9.78 Å². The molecular formula is C20H21N3O3. The SMILES string of the molecule is CCOC(=O)c1ccc(N2CCC3(CC2)C(=O)Nc2ccccc23)nc1. The summed E-state index contributed by atoms with van der Waals surface area (Å²) in [4.78, 5) is 30.9. The van der Waals surface area contributed by atoms with Gasteiger partial charge >= 0.3 is 5.97 Å². The number of nitrogens with one attached hydrogen (secondary N) is 1. The first-order valence-electron chi connectivity index (χ1n) is 8.93. The molecule has 0 radical (unpaired) electrons.